The van der Waals surface area contributed by atoms with E-state index in [0.717, 1.165) is 22.2 Å². The number of hydrogen-bond donors (Lipinski definition) is 1. The fourth-order valence-electron chi connectivity index (χ4n) is 2.12. The zero-order chi connectivity index (χ0) is 13.2. The molecular formula is C14H13N3OS. The number of rotatable bonds is 3. The Bertz CT molecular complexity index is 775. The van der Waals surface area contributed by atoms with Gasteiger partial charge in [0.25, 0.3) is 0 Å². The van der Waals surface area contributed by atoms with Crippen LogP contribution in [0.5, 0.6) is 5.75 Å². The Morgan fingerprint density at radius 2 is 2.21 bits per heavy atom. The molecule has 0 aliphatic rings. The van der Waals surface area contributed by atoms with Gasteiger partial charge in [0.05, 0.1) is 12.3 Å². The van der Waals surface area contributed by atoms with E-state index in [1.165, 1.54) is 0 Å². The molecule has 0 saturated heterocycles. The number of benzene rings is 2. The van der Waals surface area contributed by atoms with Crippen molar-refractivity contribution in [1.82, 2.24) is 14.8 Å². The van der Waals surface area contributed by atoms with Crippen molar-refractivity contribution in [1.29, 1.82) is 0 Å². The lowest BCUT2D eigenvalue weighted by molar-refractivity contribution is 0.341. The van der Waals surface area contributed by atoms with Gasteiger partial charge in [-0.05, 0) is 42.7 Å². The van der Waals surface area contributed by atoms with Crippen LogP contribution in [0.2, 0.25) is 0 Å². The molecule has 5 heteroatoms. The molecule has 19 heavy (non-hydrogen) atoms. The first kappa shape index (κ1) is 11.9. The molecule has 0 saturated carbocycles. The Labute approximate surface area is 115 Å². The number of H-pyrrole nitrogens is 1. The highest BCUT2D eigenvalue weighted by molar-refractivity contribution is 7.71. The van der Waals surface area contributed by atoms with Crippen LogP contribution in [0.15, 0.2) is 42.7 Å². The standard InChI is InChI=1S/C14H13N3OS/c1-2-18-11-7-6-10-4-3-5-13(12(10)8-11)17-9-15-16-14(17)19/h3-9H,2H2,1H3,(H,16,19). The normalized spacial score (nSPS) is 10.8. The smallest absolute Gasteiger partial charge is 0.199 e. The predicted octanol–water partition coefficient (Wildman–Crippen LogP) is 3.48. The van der Waals surface area contributed by atoms with Crippen LogP contribution in [0.4, 0.5) is 0 Å². The number of fused-ring (bicyclic) bond motifs is 1. The molecule has 0 atom stereocenters. The van der Waals surface area contributed by atoms with Gasteiger partial charge in [-0.3, -0.25) is 9.67 Å². The van der Waals surface area contributed by atoms with E-state index in [-0.39, 0.29) is 0 Å². The highest BCUT2D eigenvalue weighted by atomic mass is 32.1. The molecule has 96 valence electrons. The van der Waals surface area contributed by atoms with Gasteiger partial charge in [0.15, 0.2) is 4.77 Å². The third-order valence-electron chi connectivity index (χ3n) is 2.95. The summed E-state index contributed by atoms with van der Waals surface area (Å²) in [5, 5.41) is 8.97. The van der Waals surface area contributed by atoms with E-state index < -0.39 is 0 Å². The maximum Gasteiger partial charge on any atom is 0.199 e. The summed E-state index contributed by atoms with van der Waals surface area (Å²) in [7, 11) is 0. The van der Waals surface area contributed by atoms with Crippen molar-refractivity contribution >= 4 is 23.0 Å². The van der Waals surface area contributed by atoms with Gasteiger partial charge in [0.1, 0.15) is 12.1 Å². The number of ether oxygens (including phenoxy) is 1. The number of nitrogens with zero attached hydrogens (tertiary/aromatic N) is 2. The van der Waals surface area contributed by atoms with Gasteiger partial charge < -0.3 is 4.74 Å². The van der Waals surface area contributed by atoms with E-state index in [4.69, 9.17) is 17.0 Å². The third-order valence-corrected chi connectivity index (χ3v) is 3.24. The summed E-state index contributed by atoms with van der Waals surface area (Å²) >= 11 is 5.23. The minimum absolute atomic E-state index is 0.578. The summed E-state index contributed by atoms with van der Waals surface area (Å²) in [5.41, 5.74) is 0.998. The van der Waals surface area contributed by atoms with Gasteiger partial charge >= 0.3 is 0 Å². The maximum atomic E-state index is 5.56. The Morgan fingerprint density at radius 1 is 1.32 bits per heavy atom. The Balaban J connectivity index is 2.27. The molecule has 0 fully saturated rings. The van der Waals surface area contributed by atoms with Crippen LogP contribution in [-0.4, -0.2) is 21.4 Å². The van der Waals surface area contributed by atoms with Crippen LogP contribution < -0.4 is 4.74 Å². The average Bonchev–Trinajstić information content (AvgIpc) is 2.84. The lowest BCUT2D eigenvalue weighted by Crippen LogP contribution is -1.95. The van der Waals surface area contributed by atoms with Crippen LogP contribution in [-0.2, 0) is 0 Å². The first-order valence-electron chi connectivity index (χ1n) is 6.07. The van der Waals surface area contributed by atoms with Crippen molar-refractivity contribution < 1.29 is 4.74 Å². The monoisotopic (exact) mass is 271 g/mol. The molecule has 4 nitrogen and oxygen atoms in total. The second kappa shape index (κ2) is 4.85. The molecule has 0 bridgehead atoms. The largest absolute Gasteiger partial charge is 0.494 e. The van der Waals surface area contributed by atoms with Crippen molar-refractivity contribution in [2.75, 3.05) is 6.61 Å². The van der Waals surface area contributed by atoms with Gasteiger partial charge in [0.2, 0.25) is 0 Å². The molecule has 1 aromatic heterocycles. The number of hydrogen-bond acceptors (Lipinski definition) is 3. The minimum atomic E-state index is 0.578. The van der Waals surface area contributed by atoms with E-state index >= 15 is 0 Å². The molecule has 1 heterocycles. The Hall–Kier alpha value is -2.14. The van der Waals surface area contributed by atoms with E-state index in [0.29, 0.717) is 11.4 Å². The first-order chi connectivity index (χ1) is 9.29. The number of aromatic nitrogens is 3. The summed E-state index contributed by atoms with van der Waals surface area (Å²) in [6, 6.07) is 12.1. The Morgan fingerprint density at radius 3 is 2.95 bits per heavy atom. The molecule has 2 aromatic carbocycles. The highest BCUT2D eigenvalue weighted by Crippen LogP contribution is 2.26. The summed E-state index contributed by atoms with van der Waals surface area (Å²) < 4.78 is 7.99. The van der Waals surface area contributed by atoms with Crippen molar-refractivity contribution in [3.05, 3.63) is 47.5 Å². The van der Waals surface area contributed by atoms with Crippen molar-refractivity contribution in [2.45, 2.75) is 6.92 Å². The van der Waals surface area contributed by atoms with Gasteiger partial charge in [-0.25, -0.2) is 0 Å². The third kappa shape index (κ3) is 2.13. The number of aromatic amines is 1. The SMILES string of the molecule is CCOc1ccc2cccc(-n3cn[nH]c3=S)c2c1. The zero-order valence-corrected chi connectivity index (χ0v) is 11.3. The molecule has 0 aliphatic heterocycles. The van der Waals surface area contributed by atoms with Gasteiger partial charge in [-0.15, -0.1) is 0 Å². The van der Waals surface area contributed by atoms with E-state index in [2.05, 4.69) is 16.3 Å². The van der Waals surface area contributed by atoms with Crippen LogP contribution >= 0.6 is 12.2 Å². The highest BCUT2D eigenvalue weighted by Gasteiger charge is 2.05. The second-order valence-electron chi connectivity index (χ2n) is 4.12. The van der Waals surface area contributed by atoms with E-state index in [1.807, 2.05) is 41.8 Å². The van der Waals surface area contributed by atoms with Crippen LogP contribution in [0.1, 0.15) is 6.92 Å². The zero-order valence-electron chi connectivity index (χ0n) is 10.5. The molecule has 1 N–H and O–H groups in total. The van der Waals surface area contributed by atoms with Crippen LogP contribution in [0.25, 0.3) is 16.5 Å². The van der Waals surface area contributed by atoms with Gasteiger partial charge in [0, 0.05) is 5.39 Å². The molecule has 3 rings (SSSR count). The van der Waals surface area contributed by atoms with Crippen LogP contribution in [0.3, 0.4) is 0 Å². The quantitative estimate of drug-likeness (QED) is 0.742. The molecule has 0 unspecified atom stereocenters. The maximum absolute atomic E-state index is 5.56. The summed E-state index contributed by atoms with van der Waals surface area (Å²) in [4.78, 5) is 0. The fraction of sp³-hybridized carbons (Fsp3) is 0.143. The van der Waals surface area contributed by atoms with Crippen molar-refractivity contribution in [3.8, 4) is 11.4 Å². The van der Waals surface area contributed by atoms with Crippen molar-refractivity contribution in [3.63, 3.8) is 0 Å². The summed E-state index contributed by atoms with van der Waals surface area (Å²) in [6.07, 6.45) is 1.68. The van der Waals surface area contributed by atoms with Crippen LogP contribution in [0, 0.1) is 4.77 Å². The summed E-state index contributed by atoms with van der Waals surface area (Å²) in [6.45, 7) is 2.63. The molecule has 0 aliphatic carbocycles. The van der Waals surface area contributed by atoms with Crippen molar-refractivity contribution in [2.24, 2.45) is 0 Å². The lowest BCUT2D eigenvalue weighted by atomic mass is 10.1. The van der Waals surface area contributed by atoms with E-state index in [1.54, 1.807) is 6.33 Å². The second-order valence-corrected chi connectivity index (χ2v) is 4.51. The molecular weight excluding hydrogens is 258 g/mol. The van der Waals surface area contributed by atoms with E-state index in [9.17, 15) is 0 Å². The molecule has 0 radical (unpaired) electrons. The predicted molar refractivity (Wildman–Crippen MR) is 77.4 cm³/mol. The number of nitrogens with one attached hydrogen (secondary N) is 1. The molecule has 0 amide bonds. The summed E-state index contributed by atoms with van der Waals surface area (Å²) in [5.74, 6) is 0.859. The van der Waals surface area contributed by atoms with Gasteiger partial charge in [-0.2, -0.15) is 5.10 Å². The molecule has 3 aromatic rings. The topological polar surface area (TPSA) is 42.8 Å². The van der Waals surface area contributed by atoms with Gasteiger partial charge in [-0.1, -0.05) is 18.2 Å². The average molecular weight is 271 g/mol. The Kier molecular flexibility index (Phi) is 3.05. The molecule has 0 spiro atoms. The minimum Gasteiger partial charge on any atom is -0.494 e. The first-order valence-corrected chi connectivity index (χ1v) is 6.48. The lowest BCUT2D eigenvalue weighted by Gasteiger charge is -2.09. The fourth-order valence-corrected chi connectivity index (χ4v) is 2.32.